The Morgan fingerprint density at radius 3 is 2.88 bits per heavy atom. The number of nitrogens with zero attached hydrogens (tertiary/aromatic N) is 3. The second-order valence-electron chi connectivity index (χ2n) is 4.84. The van der Waals surface area contributed by atoms with Gasteiger partial charge in [-0.05, 0) is 47.7 Å². The van der Waals surface area contributed by atoms with Gasteiger partial charge in [-0.25, -0.2) is 4.79 Å². The minimum absolute atomic E-state index is 0.00696. The largest absolute Gasteiger partial charge is 0.496 e. The van der Waals surface area contributed by atoms with Gasteiger partial charge in [-0.3, -0.25) is 4.68 Å². The SMILES string of the molecule is COc1ccc(Cl)cc1/C(N)=N/OC(=O)CCn1ncc(I)c1C. The van der Waals surface area contributed by atoms with Crippen molar-refractivity contribution in [3.8, 4) is 5.75 Å². The maximum atomic E-state index is 11.8. The van der Waals surface area contributed by atoms with Gasteiger partial charge in [0.25, 0.3) is 0 Å². The number of carbonyl (C=O) groups excluding carboxylic acids is 1. The summed E-state index contributed by atoms with van der Waals surface area (Å²) in [5, 5.41) is 8.30. The summed E-state index contributed by atoms with van der Waals surface area (Å²) in [6.07, 6.45) is 1.87. The zero-order valence-corrected chi connectivity index (χ0v) is 16.0. The molecule has 0 atom stereocenters. The molecule has 1 heterocycles. The van der Waals surface area contributed by atoms with E-state index in [1.165, 1.54) is 7.11 Å². The topological polar surface area (TPSA) is 91.7 Å². The monoisotopic (exact) mass is 462 g/mol. The number of aromatic nitrogens is 2. The minimum Gasteiger partial charge on any atom is -0.496 e. The van der Waals surface area contributed by atoms with Crippen molar-refractivity contribution in [2.75, 3.05) is 7.11 Å². The number of benzene rings is 1. The molecule has 0 radical (unpaired) electrons. The van der Waals surface area contributed by atoms with E-state index < -0.39 is 5.97 Å². The van der Waals surface area contributed by atoms with Gasteiger partial charge in [0.2, 0.25) is 0 Å². The van der Waals surface area contributed by atoms with E-state index in [1.807, 2.05) is 6.92 Å². The molecule has 0 aliphatic heterocycles. The lowest BCUT2D eigenvalue weighted by molar-refractivity contribution is -0.144. The van der Waals surface area contributed by atoms with E-state index in [1.54, 1.807) is 29.1 Å². The highest BCUT2D eigenvalue weighted by Gasteiger charge is 2.11. The van der Waals surface area contributed by atoms with E-state index in [0.717, 1.165) is 9.26 Å². The van der Waals surface area contributed by atoms with Crippen LogP contribution in [-0.4, -0.2) is 28.7 Å². The molecule has 0 saturated heterocycles. The molecule has 2 N–H and O–H groups in total. The van der Waals surface area contributed by atoms with Crippen LogP contribution in [0.15, 0.2) is 29.6 Å². The predicted octanol–water partition coefficient (Wildman–Crippen LogP) is 2.71. The van der Waals surface area contributed by atoms with Crippen LogP contribution in [0.5, 0.6) is 5.75 Å². The van der Waals surface area contributed by atoms with Crippen LogP contribution in [0.3, 0.4) is 0 Å². The van der Waals surface area contributed by atoms with Crippen molar-refractivity contribution in [3.05, 3.63) is 44.2 Å². The molecule has 0 aliphatic carbocycles. The lowest BCUT2D eigenvalue weighted by Gasteiger charge is -2.08. The molecule has 0 unspecified atom stereocenters. The summed E-state index contributed by atoms with van der Waals surface area (Å²) < 4.78 is 7.95. The Hall–Kier alpha value is -1.81. The second kappa shape index (κ2) is 8.34. The summed E-state index contributed by atoms with van der Waals surface area (Å²) in [4.78, 5) is 16.7. The standard InChI is InChI=1S/C15H16ClIN4O3/c1-9-12(17)8-19-21(9)6-5-14(22)24-20-15(18)11-7-10(16)3-4-13(11)23-2/h3-4,7-8H,5-6H2,1-2H3,(H2,18,20). The average molecular weight is 463 g/mol. The number of aryl methyl sites for hydroxylation is 1. The zero-order chi connectivity index (χ0) is 17.7. The number of amidine groups is 1. The summed E-state index contributed by atoms with van der Waals surface area (Å²) in [7, 11) is 1.50. The van der Waals surface area contributed by atoms with Crippen LogP contribution in [0.1, 0.15) is 17.7 Å². The van der Waals surface area contributed by atoms with Crippen molar-refractivity contribution in [1.29, 1.82) is 0 Å². The lowest BCUT2D eigenvalue weighted by atomic mass is 10.2. The molecule has 9 heteroatoms. The molecule has 0 spiro atoms. The second-order valence-corrected chi connectivity index (χ2v) is 6.43. The number of halogens is 2. The summed E-state index contributed by atoms with van der Waals surface area (Å²) in [5.41, 5.74) is 7.29. The van der Waals surface area contributed by atoms with Gasteiger partial charge in [0.05, 0.1) is 35.4 Å². The van der Waals surface area contributed by atoms with Crippen molar-refractivity contribution in [2.45, 2.75) is 19.9 Å². The van der Waals surface area contributed by atoms with E-state index in [4.69, 9.17) is 26.9 Å². The molecular weight excluding hydrogens is 447 g/mol. The molecule has 2 aromatic rings. The highest BCUT2D eigenvalue weighted by molar-refractivity contribution is 14.1. The number of oxime groups is 1. The average Bonchev–Trinajstić information content (AvgIpc) is 2.89. The van der Waals surface area contributed by atoms with E-state index in [-0.39, 0.29) is 12.3 Å². The smallest absolute Gasteiger partial charge is 0.336 e. The molecule has 1 aromatic carbocycles. The lowest BCUT2D eigenvalue weighted by Crippen LogP contribution is -2.17. The molecule has 0 bridgehead atoms. The molecule has 0 saturated carbocycles. The van der Waals surface area contributed by atoms with Crippen molar-refractivity contribution in [1.82, 2.24) is 9.78 Å². The Balaban J connectivity index is 1.98. The van der Waals surface area contributed by atoms with Crippen molar-refractivity contribution < 1.29 is 14.4 Å². The van der Waals surface area contributed by atoms with Crippen LogP contribution in [0.4, 0.5) is 0 Å². The fraction of sp³-hybridized carbons (Fsp3) is 0.267. The van der Waals surface area contributed by atoms with Crippen molar-refractivity contribution in [3.63, 3.8) is 0 Å². The molecule has 0 amide bonds. The number of ether oxygens (including phenoxy) is 1. The van der Waals surface area contributed by atoms with E-state index >= 15 is 0 Å². The summed E-state index contributed by atoms with van der Waals surface area (Å²) in [6.45, 7) is 2.34. The molecule has 1 aromatic heterocycles. The number of nitrogens with two attached hydrogens (primary N) is 1. The van der Waals surface area contributed by atoms with Gasteiger partial charge in [0.15, 0.2) is 5.84 Å². The first kappa shape index (κ1) is 18.5. The third-order valence-corrected chi connectivity index (χ3v) is 4.55. The molecule has 24 heavy (non-hydrogen) atoms. The summed E-state index contributed by atoms with van der Waals surface area (Å²) in [5.74, 6) is -0.0187. The molecular formula is C15H16ClIN4O3. The van der Waals surface area contributed by atoms with Crippen LogP contribution in [0.2, 0.25) is 5.02 Å². The quantitative estimate of drug-likeness (QED) is 0.234. The van der Waals surface area contributed by atoms with Crippen LogP contribution in [0.25, 0.3) is 0 Å². The predicted molar refractivity (Wildman–Crippen MR) is 99.1 cm³/mol. The first-order valence-corrected chi connectivity index (χ1v) is 8.43. The van der Waals surface area contributed by atoms with Gasteiger partial charge in [0.1, 0.15) is 5.75 Å². The van der Waals surface area contributed by atoms with E-state index in [0.29, 0.717) is 22.9 Å². The van der Waals surface area contributed by atoms with Gasteiger partial charge < -0.3 is 15.3 Å². The minimum atomic E-state index is -0.510. The Morgan fingerprint density at radius 1 is 1.50 bits per heavy atom. The van der Waals surface area contributed by atoms with Crippen LogP contribution < -0.4 is 10.5 Å². The highest BCUT2D eigenvalue weighted by atomic mass is 127. The number of carbonyl (C=O) groups is 1. The van der Waals surface area contributed by atoms with E-state index in [2.05, 4.69) is 32.8 Å². The highest BCUT2D eigenvalue weighted by Crippen LogP contribution is 2.22. The molecule has 0 fully saturated rings. The van der Waals surface area contributed by atoms with Gasteiger partial charge in [0, 0.05) is 10.7 Å². The fourth-order valence-electron chi connectivity index (χ4n) is 1.92. The fourth-order valence-corrected chi connectivity index (χ4v) is 2.50. The van der Waals surface area contributed by atoms with Crippen molar-refractivity contribution >= 4 is 46.0 Å². The Kier molecular flexibility index (Phi) is 6.44. The number of hydrogen-bond acceptors (Lipinski definition) is 5. The maximum absolute atomic E-state index is 11.8. The Morgan fingerprint density at radius 2 is 2.25 bits per heavy atom. The molecule has 0 aliphatic rings. The normalized spacial score (nSPS) is 11.4. The third kappa shape index (κ3) is 4.60. The van der Waals surface area contributed by atoms with Gasteiger partial charge in [-0.1, -0.05) is 16.8 Å². The maximum Gasteiger partial charge on any atom is 0.336 e. The Bertz CT molecular complexity index is 776. The van der Waals surface area contributed by atoms with Gasteiger partial charge in [-0.15, -0.1) is 0 Å². The summed E-state index contributed by atoms with van der Waals surface area (Å²) in [6, 6.07) is 4.91. The first-order chi connectivity index (χ1) is 11.4. The molecule has 2 rings (SSSR count). The first-order valence-electron chi connectivity index (χ1n) is 6.97. The third-order valence-electron chi connectivity index (χ3n) is 3.25. The number of rotatable bonds is 6. The zero-order valence-electron chi connectivity index (χ0n) is 13.1. The van der Waals surface area contributed by atoms with E-state index in [9.17, 15) is 4.79 Å². The van der Waals surface area contributed by atoms with Crippen LogP contribution >= 0.6 is 34.2 Å². The number of methoxy groups -OCH3 is 1. The Labute approximate surface area is 157 Å². The van der Waals surface area contributed by atoms with Gasteiger partial charge >= 0.3 is 5.97 Å². The van der Waals surface area contributed by atoms with Crippen molar-refractivity contribution in [2.24, 2.45) is 10.9 Å². The number of hydrogen-bond donors (Lipinski definition) is 1. The van der Waals surface area contributed by atoms with Crippen LogP contribution in [0, 0.1) is 10.5 Å². The van der Waals surface area contributed by atoms with Gasteiger partial charge in [-0.2, -0.15) is 5.10 Å². The van der Waals surface area contributed by atoms with Crippen LogP contribution in [-0.2, 0) is 16.2 Å². The molecule has 128 valence electrons. The summed E-state index contributed by atoms with van der Waals surface area (Å²) >= 11 is 8.11. The molecule has 7 nitrogen and oxygen atoms in total.